The average Bonchev–Trinajstić information content (AvgIpc) is 2.36. The quantitative estimate of drug-likeness (QED) is 0.592. The Morgan fingerprint density at radius 1 is 1.35 bits per heavy atom. The van der Waals surface area contributed by atoms with Gasteiger partial charge in [-0.05, 0) is 36.9 Å². The van der Waals surface area contributed by atoms with Crippen LogP contribution in [0.25, 0.3) is 0 Å². The molecule has 92 valence electrons. The second-order valence-electron chi connectivity index (χ2n) is 4.03. The van der Waals surface area contributed by atoms with Gasteiger partial charge in [-0.15, -0.1) is 11.8 Å². The zero-order valence-corrected chi connectivity index (χ0v) is 11.4. The SMILES string of the molecule is CCCCCSc1ccc(CNC)cc1C#N. The molecule has 0 saturated heterocycles. The Hall–Kier alpha value is -0.980. The maximum Gasteiger partial charge on any atom is 0.100 e. The van der Waals surface area contributed by atoms with E-state index >= 15 is 0 Å². The zero-order valence-electron chi connectivity index (χ0n) is 10.6. The van der Waals surface area contributed by atoms with Crippen molar-refractivity contribution in [3.63, 3.8) is 0 Å². The number of unbranched alkanes of at least 4 members (excludes halogenated alkanes) is 2. The Kier molecular flexibility index (Phi) is 6.76. The smallest absolute Gasteiger partial charge is 0.100 e. The summed E-state index contributed by atoms with van der Waals surface area (Å²) in [5.74, 6) is 1.11. The largest absolute Gasteiger partial charge is 0.316 e. The summed E-state index contributed by atoms with van der Waals surface area (Å²) in [4.78, 5) is 1.11. The van der Waals surface area contributed by atoms with Crippen molar-refractivity contribution < 1.29 is 0 Å². The zero-order chi connectivity index (χ0) is 12.5. The molecule has 1 aromatic carbocycles. The first-order valence-corrected chi connectivity index (χ1v) is 7.10. The molecule has 2 nitrogen and oxygen atoms in total. The number of nitriles is 1. The van der Waals surface area contributed by atoms with E-state index in [1.54, 1.807) is 11.8 Å². The molecule has 1 N–H and O–H groups in total. The molecule has 0 unspecified atom stereocenters. The van der Waals surface area contributed by atoms with Crippen LogP contribution < -0.4 is 5.32 Å². The maximum atomic E-state index is 9.13. The minimum absolute atomic E-state index is 0.805. The molecule has 0 amide bonds. The Morgan fingerprint density at radius 2 is 2.18 bits per heavy atom. The fourth-order valence-corrected chi connectivity index (χ4v) is 2.63. The van der Waals surface area contributed by atoms with Crippen LogP contribution in [0.3, 0.4) is 0 Å². The third-order valence-corrected chi connectivity index (χ3v) is 3.71. The first-order valence-electron chi connectivity index (χ1n) is 6.12. The van der Waals surface area contributed by atoms with E-state index in [4.69, 9.17) is 5.26 Å². The third kappa shape index (κ3) is 4.80. The van der Waals surface area contributed by atoms with Gasteiger partial charge >= 0.3 is 0 Å². The highest BCUT2D eigenvalue weighted by Gasteiger charge is 2.03. The Labute approximate surface area is 108 Å². The van der Waals surface area contributed by atoms with E-state index in [0.717, 1.165) is 22.8 Å². The maximum absolute atomic E-state index is 9.13. The Balaban J connectivity index is 2.62. The molecule has 3 heteroatoms. The molecule has 0 aliphatic rings. The minimum Gasteiger partial charge on any atom is -0.316 e. The van der Waals surface area contributed by atoms with Crippen LogP contribution in [0.2, 0.25) is 0 Å². The van der Waals surface area contributed by atoms with Gasteiger partial charge in [0, 0.05) is 11.4 Å². The molecule has 17 heavy (non-hydrogen) atoms. The highest BCUT2D eigenvalue weighted by molar-refractivity contribution is 7.99. The number of nitrogens with one attached hydrogen (secondary N) is 1. The number of benzene rings is 1. The Bertz CT molecular complexity index is 382. The summed E-state index contributed by atoms with van der Waals surface area (Å²) in [6.07, 6.45) is 3.74. The molecule has 1 aromatic rings. The van der Waals surface area contributed by atoms with Gasteiger partial charge in [-0.3, -0.25) is 0 Å². The number of nitrogens with zero attached hydrogens (tertiary/aromatic N) is 1. The second-order valence-corrected chi connectivity index (χ2v) is 5.16. The first-order chi connectivity index (χ1) is 8.31. The highest BCUT2D eigenvalue weighted by atomic mass is 32.2. The van der Waals surface area contributed by atoms with Crippen molar-refractivity contribution in [2.45, 2.75) is 37.6 Å². The number of thioether (sulfide) groups is 1. The molecule has 0 bridgehead atoms. The average molecular weight is 248 g/mol. The van der Waals surface area contributed by atoms with Crippen LogP contribution in [-0.2, 0) is 6.54 Å². The molecule has 0 heterocycles. The molecule has 0 radical (unpaired) electrons. The summed E-state index contributed by atoms with van der Waals surface area (Å²) < 4.78 is 0. The number of rotatable bonds is 7. The van der Waals surface area contributed by atoms with Crippen LogP contribution in [0.15, 0.2) is 23.1 Å². The predicted molar refractivity (Wildman–Crippen MR) is 74.2 cm³/mol. The monoisotopic (exact) mass is 248 g/mol. The van der Waals surface area contributed by atoms with E-state index in [1.165, 1.54) is 24.8 Å². The van der Waals surface area contributed by atoms with Gasteiger partial charge in [-0.25, -0.2) is 0 Å². The molecule has 0 aliphatic heterocycles. The Morgan fingerprint density at radius 3 is 2.82 bits per heavy atom. The van der Waals surface area contributed by atoms with E-state index in [1.807, 2.05) is 13.1 Å². The molecule has 0 saturated carbocycles. The highest BCUT2D eigenvalue weighted by Crippen LogP contribution is 2.24. The summed E-state index contributed by atoms with van der Waals surface area (Å²) in [5, 5.41) is 12.2. The van der Waals surface area contributed by atoms with Gasteiger partial charge < -0.3 is 5.32 Å². The third-order valence-electron chi connectivity index (χ3n) is 2.55. The molecule has 0 atom stereocenters. The summed E-state index contributed by atoms with van der Waals surface area (Å²) >= 11 is 1.80. The minimum atomic E-state index is 0.805. The van der Waals surface area contributed by atoms with Crippen molar-refractivity contribution in [2.24, 2.45) is 0 Å². The van der Waals surface area contributed by atoms with Gasteiger partial charge in [0.1, 0.15) is 6.07 Å². The topological polar surface area (TPSA) is 35.8 Å². The van der Waals surface area contributed by atoms with Crippen LogP contribution in [0.5, 0.6) is 0 Å². The summed E-state index contributed by atoms with van der Waals surface area (Å²) in [5.41, 5.74) is 1.97. The van der Waals surface area contributed by atoms with Crippen LogP contribution in [0.1, 0.15) is 37.3 Å². The lowest BCUT2D eigenvalue weighted by molar-refractivity contribution is 0.778. The van der Waals surface area contributed by atoms with Crippen molar-refractivity contribution in [3.05, 3.63) is 29.3 Å². The van der Waals surface area contributed by atoms with Crippen molar-refractivity contribution >= 4 is 11.8 Å². The van der Waals surface area contributed by atoms with E-state index in [0.29, 0.717) is 0 Å². The van der Waals surface area contributed by atoms with E-state index in [9.17, 15) is 0 Å². The lowest BCUT2D eigenvalue weighted by atomic mass is 10.1. The molecule has 0 spiro atoms. The van der Waals surface area contributed by atoms with Crippen molar-refractivity contribution in [2.75, 3.05) is 12.8 Å². The van der Waals surface area contributed by atoms with Gasteiger partial charge in [-0.1, -0.05) is 25.8 Å². The predicted octanol–water partition coefficient (Wildman–Crippen LogP) is 3.56. The van der Waals surface area contributed by atoms with Crippen LogP contribution in [0.4, 0.5) is 0 Å². The van der Waals surface area contributed by atoms with Crippen LogP contribution >= 0.6 is 11.8 Å². The van der Waals surface area contributed by atoms with Crippen molar-refractivity contribution in [1.29, 1.82) is 5.26 Å². The summed E-state index contributed by atoms with van der Waals surface area (Å²) in [6, 6.07) is 8.44. The lowest BCUT2D eigenvalue weighted by Crippen LogP contribution is -2.05. The van der Waals surface area contributed by atoms with Gasteiger partial charge in [0.05, 0.1) is 5.56 Å². The van der Waals surface area contributed by atoms with Crippen LogP contribution in [-0.4, -0.2) is 12.8 Å². The van der Waals surface area contributed by atoms with E-state index in [2.05, 4.69) is 30.4 Å². The van der Waals surface area contributed by atoms with Gasteiger partial charge in [0.25, 0.3) is 0 Å². The molecule has 0 fully saturated rings. The standard InChI is InChI=1S/C14H20N2S/c1-3-4-5-8-17-14-7-6-12(11-16-2)9-13(14)10-15/h6-7,9,16H,3-5,8,11H2,1-2H3. The fourth-order valence-electron chi connectivity index (χ4n) is 1.64. The number of hydrogen-bond acceptors (Lipinski definition) is 3. The van der Waals surface area contributed by atoms with Crippen molar-refractivity contribution in [1.82, 2.24) is 5.32 Å². The lowest BCUT2D eigenvalue weighted by Gasteiger charge is -2.06. The number of hydrogen-bond donors (Lipinski definition) is 1. The fraction of sp³-hybridized carbons (Fsp3) is 0.500. The van der Waals surface area contributed by atoms with E-state index < -0.39 is 0 Å². The first kappa shape index (κ1) is 14.1. The van der Waals surface area contributed by atoms with E-state index in [-0.39, 0.29) is 0 Å². The summed E-state index contributed by atoms with van der Waals surface area (Å²) in [6.45, 7) is 3.02. The molecule has 0 aromatic heterocycles. The van der Waals surface area contributed by atoms with Gasteiger partial charge in [0.2, 0.25) is 0 Å². The summed E-state index contributed by atoms with van der Waals surface area (Å²) in [7, 11) is 1.92. The normalized spacial score (nSPS) is 10.2. The molecule has 0 aliphatic carbocycles. The second kappa shape index (κ2) is 8.16. The van der Waals surface area contributed by atoms with Crippen LogP contribution in [0, 0.1) is 11.3 Å². The molecule has 1 rings (SSSR count). The van der Waals surface area contributed by atoms with Gasteiger partial charge in [-0.2, -0.15) is 5.26 Å². The van der Waals surface area contributed by atoms with Gasteiger partial charge in [0.15, 0.2) is 0 Å². The molecular weight excluding hydrogens is 228 g/mol. The molecular formula is C14H20N2S. The van der Waals surface area contributed by atoms with Crippen molar-refractivity contribution in [3.8, 4) is 6.07 Å².